The summed E-state index contributed by atoms with van der Waals surface area (Å²) in [6.07, 6.45) is 1.18. The fourth-order valence-electron chi connectivity index (χ4n) is 2.17. The lowest BCUT2D eigenvalue weighted by Crippen LogP contribution is -2.40. The smallest absolute Gasteiger partial charge is 0.326 e. The third-order valence-electron chi connectivity index (χ3n) is 2.97. The average molecular weight is 269 g/mol. The van der Waals surface area contributed by atoms with Gasteiger partial charge < -0.3 is 15.7 Å². The Bertz CT molecular complexity index is 484. The summed E-state index contributed by atoms with van der Waals surface area (Å²) in [7, 11) is 0. The molecular weight excluding hydrogens is 256 g/mol. The largest absolute Gasteiger partial charge is 0.480 e. The quantitative estimate of drug-likeness (QED) is 0.798. The van der Waals surface area contributed by atoms with Gasteiger partial charge in [0.05, 0.1) is 0 Å². The summed E-state index contributed by atoms with van der Waals surface area (Å²) in [5.41, 5.74) is 6.33. The number of hydrogen-bond acceptors (Lipinski definition) is 3. The zero-order valence-corrected chi connectivity index (χ0v) is 10.4. The summed E-state index contributed by atoms with van der Waals surface area (Å²) < 4.78 is 0. The number of carboxylic acids is 1. The molecule has 1 aromatic rings. The van der Waals surface area contributed by atoms with Crippen LogP contribution >= 0.6 is 11.6 Å². The zero-order chi connectivity index (χ0) is 13.3. The number of amides is 1. The van der Waals surface area contributed by atoms with E-state index in [-0.39, 0.29) is 5.91 Å². The molecule has 1 heterocycles. The first-order chi connectivity index (χ1) is 8.49. The SMILES string of the molecule is Nc1cc(Cl)cc(C(=O)N2CCC[C@H]2C(=O)O)c1. The number of rotatable bonds is 2. The molecule has 0 saturated carbocycles. The zero-order valence-electron chi connectivity index (χ0n) is 9.60. The number of carbonyl (C=O) groups excluding carboxylic acids is 1. The van der Waals surface area contributed by atoms with Crippen LogP contribution in [0.2, 0.25) is 5.02 Å². The molecule has 6 heteroatoms. The molecule has 96 valence electrons. The number of nitrogens with zero attached hydrogens (tertiary/aromatic N) is 1. The molecule has 0 unspecified atom stereocenters. The summed E-state index contributed by atoms with van der Waals surface area (Å²) in [6.45, 7) is 0.447. The molecule has 1 fully saturated rings. The number of anilines is 1. The van der Waals surface area contributed by atoms with Crippen molar-refractivity contribution < 1.29 is 14.7 Å². The molecule has 1 aromatic carbocycles. The molecule has 18 heavy (non-hydrogen) atoms. The number of nitrogens with two attached hydrogens (primary N) is 1. The Kier molecular flexibility index (Phi) is 3.43. The van der Waals surface area contributed by atoms with Crippen molar-refractivity contribution in [3.05, 3.63) is 28.8 Å². The van der Waals surface area contributed by atoms with Crippen LogP contribution in [0.5, 0.6) is 0 Å². The van der Waals surface area contributed by atoms with Gasteiger partial charge in [-0.1, -0.05) is 11.6 Å². The number of nitrogen functional groups attached to an aromatic ring is 1. The van der Waals surface area contributed by atoms with E-state index >= 15 is 0 Å². The molecule has 0 radical (unpaired) electrons. The molecule has 0 spiro atoms. The average Bonchev–Trinajstić information content (AvgIpc) is 2.75. The standard InChI is InChI=1S/C12H13ClN2O3/c13-8-4-7(5-9(14)6-8)11(16)15-3-1-2-10(15)12(17)18/h4-6,10H,1-3,14H2,(H,17,18)/t10-/m0/s1. The van der Waals surface area contributed by atoms with Gasteiger partial charge in [-0.15, -0.1) is 0 Å². The van der Waals surface area contributed by atoms with Gasteiger partial charge in [-0.2, -0.15) is 0 Å². The summed E-state index contributed by atoms with van der Waals surface area (Å²) in [4.78, 5) is 24.6. The Balaban J connectivity index is 2.28. The topological polar surface area (TPSA) is 83.6 Å². The molecule has 1 atom stereocenters. The minimum Gasteiger partial charge on any atom is -0.480 e. The maximum atomic E-state index is 12.2. The van der Waals surface area contributed by atoms with E-state index in [4.69, 9.17) is 22.4 Å². The molecular formula is C12H13ClN2O3. The predicted octanol–water partition coefficient (Wildman–Crippen LogP) is 1.61. The Morgan fingerprint density at radius 2 is 2.11 bits per heavy atom. The Morgan fingerprint density at radius 1 is 1.39 bits per heavy atom. The van der Waals surface area contributed by atoms with Crippen molar-refractivity contribution >= 4 is 29.2 Å². The van der Waals surface area contributed by atoms with Crippen molar-refractivity contribution in [1.29, 1.82) is 0 Å². The van der Waals surface area contributed by atoms with E-state index in [1.165, 1.54) is 23.1 Å². The van der Waals surface area contributed by atoms with Gasteiger partial charge in [-0.25, -0.2) is 4.79 Å². The van der Waals surface area contributed by atoms with Gasteiger partial charge in [0, 0.05) is 22.8 Å². The molecule has 0 aromatic heterocycles. The number of likely N-dealkylation sites (tertiary alicyclic amines) is 1. The number of benzene rings is 1. The maximum Gasteiger partial charge on any atom is 0.326 e. The highest BCUT2D eigenvalue weighted by atomic mass is 35.5. The maximum absolute atomic E-state index is 12.2. The molecule has 3 N–H and O–H groups in total. The number of carboxylic acid groups (broad SMARTS) is 1. The lowest BCUT2D eigenvalue weighted by Gasteiger charge is -2.21. The molecule has 2 rings (SSSR count). The van der Waals surface area contributed by atoms with E-state index in [0.717, 1.165) is 0 Å². The third-order valence-corrected chi connectivity index (χ3v) is 3.18. The molecule has 1 aliphatic rings. The summed E-state index contributed by atoms with van der Waals surface area (Å²) in [5.74, 6) is -1.31. The van der Waals surface area contributed by atoms with Crippen molar-refractivity contribution in [2.24, 2.45) is 0 Å². The highest BCUT2D eigenvalue weighted by molar-refractivity contribution is 6.31. The first-order valence-corrected chi connectivity index (χ1v) is 5.96. The van der Waals surface area contributed by atoms with Crippen molar-refractivity contribution in [3.63, 3.8) is 0 Å². The molecule has 1 aliphatic heterocycles. The van der Waals surface area contributed by atoms with Crippen LogP contribution < -0.4 is 5.73 Å². The lowest BCUT2D eigenvalue weighted by atomic mass is 10.1. The van der Waals surface area contributed by atoms with E-state index in [1.54, 1.807) is 0 Å². The van der Waals surface area contributed by atoms with E-state index in [1.807, 2.05) is 0 Å². The van der Waals surface area contributed by atoms with E-state index in [0.29, 0.717) is 35.7 Å². The van der Waals surface area contributed by atoms with Crippen LogP contribution in [0, 0.1) is 0 Å². The summed E-state index contributed by atoms with van der Waals surface area (Å²) in [5, 5.41) is 9.41. The fourth-order valence-corrected chi connectivity index (χ4v) is 2.41. The van der Waals surface area contributed by atoms with Crippen molar-refractivity contribution in [3.8, 4) is 0 Å². The second-order valence-corrected chi connectivity index (χ2v) is 4.70. The molecule has 0 bridgehead atoms. The monoisotopic (exact) mass is 268 g/mol. The minimum absolute atomic E-state index is 0.327. The minimum atomic E-state index is -0.976. The van der Waals surface area contributed by atoms with Gasteiger partial charge in [0.2, 0.25) is 0 Å². The Morgan fingerprint density at radius 3 is 2.72 bits per heavy atom. The molecule has 1 amide bonds. The summed E-state index contributed by atoms with van der Waals surface area (Å²) in [6, 6.07) is 3.79. The van der Waals surface area contributed by atoms with Gasteiger partial charge in [0.25, 0.3) is 5.91 Å². The van der Waals surface area contributed by atoms with Gasteiger partial charge >= 0.3 is 5.97 Å². The Hall–Kier alpha value is -1.75. The van der Waals surface area contributed by atoms with Crippen LogP contribution in [-0.4, -0.2) is 34.5 Å². The normalized spacial score (nSPS) is 18.9. The van der Waals surface area contributed by atoms with Crippen molar-refractivity contribution in [2.45, 2.75) is 18.9 Å². The van der Waals surface area contributed by atoms with Gasteiger partial charge in [0.15, 0.2) is 0 Å². The highest BCUT2D eigenvalue weighted by Gasteiger charge is 2.34. The van der Waals surface area contributed by atoms with E-state index in [9.17, 15) is 9.59 Å². The van der Waals surface area contributed by atoms with Crippen molar-refractivity contribution in [2.75, 3.05) is 12.3 Å². The van der Waals surface area contributed by atoms with Crippen LogP contribution in [-0.2, 0) is 4.79 Å². The first-order valence-electron chi connectivity index (χ1n) is 5.59. The third kappa shape index (κ3) is 2.41. The Labute approximate surface area is 109 Å². The number of aliphatic carboxylic acids is 1. The van der Waals surface area contributed by atoms with Crippen LogP contribution in [0.4, 0.5) is 5.69 Å². The number of carbonyl (C=O) groups is 2. The van der Waals surface area contributed by atoms with Crippen LogP contribution in [0.25, 0.3) is 0 Å². The molecule has 0 aliphatic carbocycles. The summed E-state index contributed by atoms with van der Waals surface area (Å²) >= 11 is 5.83. The molecule has 5 nitrogen and oxygen atoms in total. The van der Waals surface area contributed by atoms with Crippen LogP contribution in [0.3, 0.4) is 0 Å². The van der Waals surface area contributed by atoms with Crippen molar-refractivity contribution in [1.82, 2.24) is 4.90 Å². The van der Waals surface area contributed by atoms with E-state index < -0.39 is 12.0 Å². The second kappa shape index (κ2) is 4.86. The fraction of sp³-hybridized carbons (Fsp3) is 0.333. The van der Waals surface area contributed by atoms with Gasteiger partial charge in [-0.3, -0.25) is 4.79 Å². The van der Waals surface area contributed by atoms with Gasteiger partial charge in [-0.05, 0) is 31.0 Å². The van der Waals surface area contributed by atoms with Crippen LogP contribution in [0.15, 0.2) is 18.2 Å². The second-order valence-electron chi connectivity index (χ2n) is 4.27. The molecule has 1 saturated heterocycles. The predicted molar refractivity (Wildman–Crippen MR) is 67.6 cm³/mol. The number of hydrogen-bond donors (Lipinski definition) is 2. The first kappa shape index (κ1) is 12.7. The van der Waals surface area contributed by atoms with Crippen LogP contribution in [0.1, 0.15) is 23.2 Å². The number of halogens is 1. The van der Waals surface area contributed by atoms with E-state index in [2.05, 4.69) is 0 Å². The lowest BCUT2D eigenvalue weighted by molar-refractivity contribution is -0.141. The highest BCUT2D eigenvalue weighted by Crippen LogP contribution is 2.23. The van der Waals surface area contributed by atoms with Gasteiger partial charge in [0.1, 0.15) is 6.04 Å².